The highest BCUT2D eigenvalue weighted by molar-refractivity contribution is 5.16. The Hall–Kier alpha value is -1.24. The molecule has 0 saturated carbocycles. The maximum Gasteiger partial charge on any atom is 0.460 e. The van der Waals surface area contributed by atoms with Gasteiger partial charge in [-0.25, -0.2) is 4.39 Å². The first kappa shape index (κ1) is 17.1. The van der Waals surface area contributed by atoms with Gasteiger partial charge < -0.3 is 0 Å². The molecule has 0 atom stereocenters. The first-order valence-electron chi connectivity index (χ1n) is 5.40. The van der Waals surface area contributed by atoms with Crippen LogP contribution in [0, 0.1) is 0 Å². The predicted molar refractivity (Wildman–Crippen MR) is 41.0 cm³/mol. The van der Waals surface area contributed by atoms with Gasteiger partial charge in [-0.05, 0) is 0 Å². The molecule has 22 heavy (non-hydrogen) atoms. The van der Waals surface area contributed by atoms with E-state index in [9.17, 15) is 61.5 Å². The Labute approximate surface area is 114 Å². The van der Waals surface area contributed by atoms with Gasteiger partial charge in [0.15, 0.2) is 5.83 Å². The molecule has 0 radical (unpaired) electrons. The Morgan fingerprint density at radius 2 is 0.909 bits per heavy atom. The molecule has 0 aliphatic heterocycles. The van der Waals surface area contributed by atoms with E-state index >= 15 is 0 Å². The number of rotatable bonds is 5. The van der Waals surface area contributed by atoms with Crippen LogP contribution in [0.25, 0.3) is 0 Å². The first-order chi connectivity index (χ1) is 10.1. The average molecular weight is 366 g/mol. The molecule has 0 aromatic rings. The fourth-order valence-electron chi connectivity index (χ4n) is 0.907. The van der Waals surface area contributed by atoms with Gasteiger partial charge in [0, 0.05) is 0 Å². The van der Waals surface area contributed by atoms with Crippen molar-refractivity contribution in [3.05, 3.63) is 12.4 Å². The van der Waals surface area contributed by atoms with E-state index < -0.39 is 48.1 Å². The molecule has 0 saturated heterocycles. The van der Waals surface area contributed by atoms with Crippen molar-refractivity contribution in [1.29, 1.82) is 0 Å². The smallest absolute Gasteiger partial charge is 0.206 e. The number of alkyl halides is 13. The minimum Gasteiger partial charge on any atom is -0.206 e. The molecular formula is C8H2F14. The summed E-state index contributed by atoms with van der Waals surface area (Å²) in [6.07, 6.45) is -7.56. The zero-order valence-electron chi connectivity index (χ0n) is 11.3. The molecular weight excluding hydrogens is 362 g/mol. The van der Waals surface area contributed by atoms with Gasteiger partial charge in [0.25, 0.3) is 0 Å². The normalized spacial score (nSPS) is 17.0. The molecule has 0 bridgehead atoms. The van der Waals surface area contributed by atoms with Gasteiger partial charge in [-0.1, -0.05) is 6.53 Å². The Morgan fingerprint density at radius 1 is 0.591 bits per heavy atom. The first-order valence-corrected chi connectivity index (χ1v) is 4.40. The maximum absolute atomic E-state index is 12.9. The van der Waals surface area contributed by atoms with Crippen molar-refractivity contribution < 1.29 is 64.2 Å². The van der Waals surface area contributed by atoms with E-state index in [1.165, 1.54) is 0 Å². The van der Waals surface area contributed by atoms with Gasteiger partial charge in [0.05, 0.1) is 2.74 Å². The third-order valence-electron chi connectivity index (χ3n) is 2.21. The Balaban J connectivity index is 6.47. The van der Waals surface area contributed by atoms with Crippen molar-refractivity contribution in [2.24, 2.45) is 0 Å². The Bertz CT molecular complexity index is 511. The summed E-state index contributed by atoms with van der Waals surface area (Å²) in [6.45, 7) is -2.93. The molecule has 0 aliphatic carbocycles. The van der Waals surface area contributed by atoms with Crippen LogP contribution in [-0.2, 0) is 0 Å². The van der Waals surface area contributed by atoms with Crippen molar-refractivity contribution in [1.82, 2.24) is 0 Å². The highest BCUT2D eigenvalue weighted by Crippen LogP contribution is 2.61. The van der Waals surface area contributed by atoms with Gasteiger partial charge in [-0.15, -0.1) is 0 Å². The molecule has 14 heteroatoms. The minimum atomic E-state index is -8.14. The van der Waals surface area contributed by atoms with Crippen LogP contribution < -0.4 is 0 Å². The number of hydrogen-bond acceptors (Lipinski definition) is 0. The monoisotopic (exact) mass is 366 g/mol. The second-order valence-electron chi connectivity index (χ2n) is 3.68. The maximum atomic E-state index is 12.9. The lowest BCUT2D eigenvalue weighted by molar-refractivity contribution is -0.437. The van der Waals surface area contributed by atoms with Gasteiger partial charge in [0.1, 0.15) is 0 Å². The number of allylic oxidation sites excluding steroid dienone is 1. The summed E-state index contributed by atoms with van der Waals surface area (Å²) < 4.78 is 187. The van der Waals surface area contributed by atoms with E-state index in [2.05, 4.69) is 0 Å². The quantitative estimate of drug-likeness (QED) is 0.586. The van der Waals surface area contributed by atoms with Crippen LogP contribution in [0.3, 0.4) is 0 Å². The standard InChI is InChI=1S/C8H2F14/c1-2(9)3(10,11)4(12,13)5(14,15)6(16,17)7(18,19)8(20,21)22/h1H2/i1D2. The highest BCUT2D eigenvalue weighted by Gasteiger charge is 2.91. The van der Waals surface area contributed by atoms with Crippen LogP contribution in [0.15, 0.2) is 12.4 Å². The van der Waals surface area contributed by atoms with Crippen LogP contribution in [-0.4, -0.2) is 35.8 Å². The lowest BCUT2D eigenvalue weighted by atomic mass is 9.93. The summed E-state index contributed by atoms with van der Waals surface area (Å²) in [5, 5.41) is 0. The van der Waals surface area contributed by atoms with E-state index in [1.54, 1.807) is 0 Å². The van der Waals surface area contributed by atoms with Crippen LogP contribution in [0.5, 0.6) is 0 Å². The van der Waals surface area contributed by atoms with Crippen molar-refractivity contribution in [2.75, 3.05) is 0 Å². The largest absolute Gasteiger partial charge is 0.460 e. The van der Waals surface area contributed by atoms with Gasteiger partial charge >= 0.3 is 35.8 Å². The zero-order valence-corrected chi connectivity index (χ0v) is 9.29. The third kappa shape index (κ3) is 2.39. The van der Waals surface area contributed by atoms with Crippen LogP contribution in [0.1, 0.15) is 2.74 Å². The van der Waals surface area contributed by atoms with Gasteiger partial charge in [-0.2, -0.15) is 57.1 Å². The van der Waals surface area contributed by atoms with E-state index in [4.69, 9.17) is 2.74 Å². The molecule has 0 N–H and O–H groups in total. The second-order valence-corrected chi connectivity index (χ2v) is 3.68. The van der Waals surface area contributed by atoms with Gasteiger partial charge in [0.2, 0.25) is 0 Å². The summed E-state index contributed by atoms with van der Waals surface area (Å²) >= 11 is 0. The van der Waals surface area contributed by atoms with Crippen molar-refractivity contribution in [3.63, 3.8) is 0 Å². The molecule has 0 rings (SSSR count). The van der Waals surface area contributed by atoms with E-state index in [0.29, 0.717) is 0 Å². The molecule has 0 unspecified atom stereocenters. The van der Waals surface area contributed by atoms with E-state index in [-0.39, 0.29) is 0 Å². The molecule has 0 fully saturated rings. The fourth-order valence-corrected chi connectivity index (χ4v) is 0.907. The molecule has 0 aromatic heterocycles. The zero-order chi connectivity index (χ0) is 20.2. The van der Waals surface area contributed by atoms with E-state index in [1.807, 2.05) is 0 Å². The van der Waals surface area contributed by atoms with Crippen LogP contribution in [0.4, 0.5) is 61.5 Å². The molecule has 0 amide bonds. The van der Waals surface area contributed by atoms with Crippen molar-refractivity contribution in [2.45, 2.75) is 35.8 Å². The SMILES string of the molecule is [2H]C([2H])=C(F)C(F)(F)C(F)(F)C(F)(F)C(F)(F)C(F)(F)C(F)(F)F. The summed E-state index contributed by atoms with van der Waals surface area (Å²) in [5.41, 5.74) is 0. The van der Waals surface area contributed by atoms with Crippen LogP contribution in [0.2, 0.25) is 0 Å². The topological polar surface area (TPSA) is 0 Å². The predicted octanol–water partition coefficient (Wildman–Crippen LogP) is 5.21. The Morgan fingerprint density at radius 3 is 1.18 bits per heavy atom. The fraction of sp³-hybridized carbons (Fsp3) is 0.750. The third-order valence-corrected chi connectivity index (χ3v) is 2.21. The lowest BCUT2D eigenvalue weighted by Crippen LogP contribution is -2.70. The average Bonchev–Trinajstić information content (AvgIpc) is 2.35. The van der Waals surface area contributed by atoms with E-state index in [0.717, 1.165) is 0 Å². The minimum absolute atomic E-state index is 2.93. The molecule has 0 aliphatic rings. The second kappa shape index (κ2) is 4.88. The molecule has 132 valence electrons. The molecule has 0 spiro atoms. The van der Waals surface area contributed by atoms with Crippen LogP contribution >= 0.6 is 0 Å². The van der Waals surface area contributed by atoms with Crippen molar-refractivity contribution >= 4 is 0 Å². The molecule has 0 aromatic carbocycles. The lowest BCUT2D eigenvalue weighted by Gasteiger charge is -2.39. The molecule has 0 nitrogen and oxygen atoms in total. The van der Waals surface area contributed by atoms with Gasteiger partial charge in [-0.3, -0.25) is 0 Å². The summed E-state index contributed by atoms with van der Waals surface area (Å²) in [7, 11) is 0. The van der Waals surface area contributed by atoms with Crippen molar-refractivity contribution in [3.8, 4) is 0 Å². The summed E-state index contributed by atoms with van der Waals surface area (Å²) in [5.74, 6) is -43.3. The Kier molecular flexibility index (Phi) is 3.80. The summed E-state index contributed by atoms with van der Waals surface area (Å²) in [4.78, 5) is 0. The number of hydrogen-bond donors (Lipinski definition) is 0. The summed E-state index contributed by atoms with van der Waals surface area (Å²) in [6, 6.07) is 0. The number of halogens is 14. The highest BCUT2D eigenvalue weighted by atomic mass is 19.4. The molecule has 0 heterocycles.